The van der Waals surface area contributed by atoms with E-state index in [2.05, 4.69) is 192 Å². The lowest BCUT2D eigenvalue weighted by Gasteiger charge is -2.39. The Morgan fingerprint density at radius 3 is 2.13 bits per heavy atom. The maximum atomic E-state index is 5.78. The maximum Gasteiger partial charge on any atom is 0.284 e. The molecule has 5 heterocycles. The minimum absolute atomic E-state index is 0.121. The minimum Gasteiger partial charge on any atom is -0.341 e. The topological polar surface area (TPSA) is 27.3 Å². The van der Waals surface area contributed by atoms with Crippen LogP contribution in [0.1, 0.15) is 22.4 Å². The second-order valence-corrected chi connectivity index (χ2v) is 17.5. The highest BCUT2D eigenvalue weighted by atomic mass is 32.2. The second kappa shape index (κ2) is 12.3. The van der Waals surface area contributed by atoms with Crippen molar-refractivity contribution in [3.63, 3.8) is 0 Å². The molecule has 3 aliphatic heterocycles. The van der Waals surface area contributed by atoms with Gasteiger partial charge in [0.2, 0.25) is 0 Å². The maximum absolute atomic E-state index is 5.78. The molecule has 5 aromatic carbocycles. The molecule has 251 valence electrons. The largest absolute Gasteiger partial charge is 0.341 e. The number of fused-ring (bicyclic) bond motifs is 5. The first-order valence-corrected chi connectivity index (χ1v) is 20.2. The molecule has 7 heteroatoms. The number of rotatable bonds is 5. The van der Waals surface area contributed by atoms with Crippen molar-refractivity contribution in [1.82, 2.24) is 9.55 Å². The molecular weight excluding hydrogens is 671 g/mol. The van der Waals surface area contributed by atoms with Gasteiger partial charge in [0, 0.05) is 34.4 Å². The smallest absolute Gasteiger partial charge is 0.284 e. The van der Waals surface area contributed by atoms with Gasteiger partial charge in [0.1, 0.15) is 14.6 Å². The van der Waals surface area contributed by atoms with Crippen LogP contribution in [-0.4, -0.2) is 43.2 Å². The molecule has 0 spiro atoms. The summed E-state index contributed by atoms with van der Waals surface area (Å²) in [7, 11) is 5.11. The van der Waals surface area contributed by atoms with Gasteiger partial charge in [-0.3, -0.25) is 4.90 Å². The summed E-state index contributed by atoms with van der Waals surface area (Å²) in [4.78, 5) is 13.1. The van der Waals surface area contributed by atoms with Crippen LogP contribution in [0.4, 0.5) is 34.4 Å². The fraction of sp³-hybridized carbons (Fsp3) is 0.111. The van der Waals surface area contributed by atoms with Gasteiger partial charge in [0.25, 0.3) is 5.82 Å². The molecule has 52 heavy (non-hydrogen) atoms. The summed E-state index contributed by atoms with van der Waals surface area (Å²) >= 11 is 1.85. The molecule has 1 radical (unpaired) electrons. The van der Waals surface area contributed by atoms with Crippen molar-refractivity contribution in [2.45, 2.75) is 21.8 Å². The van der Waals surface area contributed by atoms with E-state index >= 15 is 0 Å². The Kier molecular flexibility index (Phi) is 7.34. The number of nitrogens with zero attached hydrogens (tertiary/aromatic N) is 5. The molecule has 0 fully saturated rings. The van der Waals surface area contributed by atoms with Gasteiger partial charge in [-0.1, -0.05) is 119 Å². The average Bonchev–Trinajstić information content (AvgIpc) is 3.75. The quantitative estimate of drug-likeness (QED) is 0.132. The number of para-hydroxylation sites is 2. The molecule has 1 unspecified atom stereocenters. The van der Waals surface area contributed by atoms with Crippen molar-refractivity contribution in [3.8, 4) is 11.1 Å². The van der Waals surface area contributed by atoms with Gasteiger partial charge in [-0.25, -0.2) is 14.1 Å². The van der Waals surface area contributed by atoms with Crippen LogP contribution in [0.25, 0.3) is 11.1 Å². The first-order valence-electron chi connectivity index (χ1n) is 17.8. The lowest BCUT2D eigenvalue weighted by atomic mass is 9.99. The first-order chi connectivity index (χ1) is 25.5. The van der Waals surface area contributed by atoms with Crippen molar-refractivity contribution in [2.75, 3.05) is 23.9 Å². The van der Waals surface area contributed by atoms with Crippen molar-refractivity contribution in [2.24, 2.45) is 7.05 Å². The molecular formula is C45H37N5SSi+. The Bertz CT molecular complexity index is 2500. The molecule has 0 saturated heterocycles. The zero-order valence-corrected chi connectivity index (χ0v) is 31.2. The molecule has 0 saturated carbocycles. The molecule has 2 aromatic heterocycles. The fourth-order valence-corrected chi connectivity index (χ4v) is 12.9. The molecule has 10 rings (SSSR count). The van der Waals surface area contributed by atoms with E-state index in [4.69, 9.17) is 4.98 Å². The van der Waals surface area contributed by atoms with E-state index in [1.807, 2.05) is 11.8 Å². The number of benzene rings is 5. The van der Waals surface area contributed by atoms with Gasteiger partial charge >= 0.3 is 0 Å². The summed E-state index contributed by atoms with van der Waals surface area (Å²) in [5, 5.41) is 2.78. The third kappa shape index (κ3) is 4.84. The van der Waals surface area contributed by atoms with E-state index in [9.17, 15) is 0 Å². The molecule has 0 aliphatic carbocycles. The third-order valence-electron chi connectivity index (χ3n) is 10.8. The predicted octanol–water partition coefficient (Wildman–Crippen LogP) is 8.98. The van der Waals surface area contributed by atoms with Gasteiger partial charge in [-0.15, -0.1) is 0 Å². The Morgan fingerprint density at radius 1 is 0.692 bits per heavy atom. The number of aromatic nitrogens is 2. The van der Waals surface area contributed by atoms with Gasteiger partial charge in [-0.2, -0.15) is 0 Å². The van der Waals surface area contributed by atoms with Crippen LogP contribution in [0, 0.1) is 0 Å². The zero-order chi connectivity index (χ0) is 34.9. The number of hydrogen-bond acceptors (Lipinski definition) is 4. The summed E-state index contributed by atoms with van der Waals surface area (Å²) in [6.07, 6.45) is 5.49. The van der Waals surface area contributed by atoms with Crippen LogP contribution in [-0.2, 0) is 13.5 Å². The molecule has 7 aromatic rings. The standard InChI is InChI=1S/C45H37N5SSi/c1-47-27-26-33-35(29-48(2)45(33)47)30-22-23-37-39(28-30)50(38-20-12-11-19-36(38)49(37)3)42-25-24-41-43(46-42)44(34-18-10-13-21-40(34)51-41)52(31-14-6-4-7-15-31)32-16-8-5-9-17-32/h4-25,27-29,44H,26H2,1-3H3/q+1. The normalized spacial score (nSPS) is 15.5. The van der Waals surface area contributed by atoms with E-state index in [1.165, 1.54) is 48.2 Å². The van der Waals surface area contributed by atoms with Crippen molar-refractivity contribution in [3.05, 3.63) is 163 Å². The van der Waals surface area contributed by atoms with E-state index in [0.29, 0.717) is 0 Å². The molecule has 0 amide bonds. The molecule has 1 atom stereocenters. The van der Waals surface area contributed by atoms with E-state index in [-0.39, 0.29) is 5.54 Å². The summed E-state index contributed by atoms with van der Waals surface area (Å²) in [6.45, 7) is 0. The molecule has 0 bridgehead atoms. The molecule has 5 nitrogen and oxygen atoms in total. The van der Waals surface area contributed by atoms with E-state index in [0.717, 1.165) is 40.7 Å². The number of aryl methyl sites for hydroxylation is 1. The Balaban J connectivity index is 1.18. The van der Waals surface area contributed by atoms with Gasteiger partial charge in [0.05, 0.1) is 60.5 Å². The number of pyridine rings is 1. The Morgan fingerprint density at radius 2 is 1.37 bits per heavy atom. The summed E-state index contributed by atoms with van der Waals surface area (Å²) in [6, 6.07) is 51.5. The number of anilines is 5. The average molecular weight is 708 g/mol. The first kappa shape index (κ1) is 31.1. The lowest BCUT2D eigenvalue weighted by Crippen LogP contribution is -2.48. The minimum atomic E-state index is -1.36. The lowest BCUT2D eigenvalue weighted by molar-refractivity contribution is -0.403. The highest BCUT2D eigenvalue weighted by molar-refractivity contribution is 7.99. The van der Waals surface area contributed by atoms with E-state index in [1.54, 1.807) is 0 Å². The molecule has 3 aliphatic rings. The summed E-state index contributed by atoms with van der Waals surface area (Å²) < 4.78 is 4.50. The van der Waals surface area contributed by atoms with Crippen LogP contribution < -0.4 is 20.2 Å². The van der Waals surface area contributed by atoms with Crippen molar-refractivity contribution >= 4 is 71.5 Å². The van der Waals surface area contributed by atoms with Gasteiger partial charge in [-0.05, 0) is 53.6 Å². The zero-order valence-electron chi connectivity index (χ0n) is 29.4. The van der Waals surface area contributed by atoms with Gasteiger partial charge in [0.15, 0.2) is 0 Å². The monoisotopic (exact) mass is 707 g/mol. The Labute approximate surface area is 310 Å². The van der Waals surface area contributed by atoms with Crippen LogP contribution in [0.3, 0.4) is 0 Å². The van der Waals surface area contributed by atoms with Crippen molar-refractivity contribution < 1.29 is 4.58 Å². The van der Waals surface area contributed by atoms with Crippen LogP contribution >= 0.6 is 11.8 Å². The SMILES string of the molecule is CN1c2ccccc2N(c2ccc3c(n2)C([Si](c2ccccc2)c2ccccc2)c2ccccc2S3)c2cc(-c3cn(C)c4c3CC=[N+]4C)ccc21. The highest BCUT2D eigenvalue weighted by Crippen LogP contribution is 2.53. The third-order valence-corrected chi connectivity index (χ3v) is 15.0. The number of hydrogen-bond donors (Lipinski definition) is 0. The summed E-state index contributed by atoms with van der Waals surface area (Å²) in [5.74, 6) is 2.21. The van der Waals surface area contributed by atoms with Crippen molar-refractivity contribution in [1.29, 1.82) is 0 Å². The van der Waals surface area contributed by atoms with Crippen LogP contribution in [0.5, 0.6) is 0 Å². The molecule has 0 N–H and O–H groups in total. The second-order valence-electron chi connectivity index (χ2n) is 13.8. The van der Waals surface area contributed by atoms with E-state index < -0.39 is 8.80 Å². The predicted molar refractivity (Wildman–Crippen MR) is 217 cm³/mol. The fourth-order valence-electron chi connectivity index (χ4n) is 8.46. The van der Waals surface area contributed by atoms with Gasteiger partial charge < -0.3 is 4.90 Å². The Hall–Kier alpha value is -5.63. The summed E-state index contributed by atoms with van der Waals surface area (Å²) in [5.41, 5.74) is 11.1. The van der Waals surface area contributed by atoms with Crippen LogP contribution in [0.2, 0.25) is 0 Å². The van der Waals surface area contributed by atoms with Crippen LogP contribution in [0.15, 0.2) is 156 Å². The highest BCUT2D eigenvalue weighted by Gasteiger charge is 2.39.